The van der Waals surface area contributed by atoms with Crippen LogP contribution < -0.4 is 4.74 Å². The van der Waals surface area contributed by atoms with Gasteiger partial charge in [0.25, 0.3) is 0 Å². The van der Waals surface area contributed by atoms with Crippen LogP contribution in [0.25, 0.3) is 11.3 Å². The summed E-state index contributed by atoms with van der Waals surface area (Å²) in [7, 11) is 0. The van der Waals surface area contributed by atoms with Crippen LogP contribution in [0.1, 0.15) is 16.8 Å². The number of rotatable bonds is 6. The molecule has 0 amide bonds. The van der Waals surface area contributed by atoms with E-state index >= 15 is 0 Å². The summed E-state index contributed by atoms with van der Waals surface area (Å²) in [6.45, 7) is 0.325. The molecule has 1 aromatic carbocycles. The third kappa shape index (κ3) is 4.36. The summed E-state index contributed by atoms with van der Waals surface area (Å²) in [6.07, 6.45) is 4.12. The summed E-state index contributed by atoms with van der Waals surface area (Å²) in [5.74, 6) is 0.413. The molecule has 0 aliphatic rings. The minimum absolute atomic E-state index is 0.268. The fourth-order valence-corrected chi connectivity index (χ4v) is 2.63. The van der Waals surface area contributed by atoms with E-state index in [0.717, 1.165) is 22.4 Å². The van der Waals surface area contributed by atoms with Crippen molar-refractivity contribution in [2.45, 2.75) is 13.0 Å². The van der Waals surface area contributed by atoms with Gasteiger partial charge in [0.05, 0.1) is 5.69 Å². The molecule has 0 saturated carbocycles. The summed E-state index contributed by atoms with van der Waals surface area (Å²) >= 11 is 0. The molecule has 0 unspecified atom stereocenters. The average molecular weight is 361 g/mol. The van der Waals surface area contributed by atoms with Crippen LogP contribution in [0.5, 0.6) is 5.88 Å². The van der Waals surface area contributed by atoms with Crippen molar-refractivity contribution in [2.24, 2.45) is 0 Å². The van der Waals surface area contributed by atoms with Crippen molar-refractivity contribution in [1.82, 2.24) is 15.1 Å². The normalized spacial score (nSPS) is 10.7. The standard InChI is InChI=1S/C21H16FN3O2/c22-20-4-1-5-21(24-20)26-14-16-8-6-15(7-9-16)11-18-12-19(27-25-18)17-3-2-10-23-13-17/h1-10,12-13H,11,14H2. The van der Waals surface area contributed by atoms with Gasteiger partial charge in [-0.2, -0.15) is 9.37 Å². The van der Waals surface area contributed by atoms with Gasteiger partial charge >= 0.3 is 0 Å². The fourth-order valence-electron chi connectivity index (χ4n) is 2.63. The van der Waals surface area contributed by atoms with Gasteiger partial charge in [-0.25, -0.2) is 0 Å². The molecular formula is C21H16FN3O2. The third-order valence-electron chi connectivity index (χ3n) is 3.99. The first kappa shape index (κ1) is 16.9. The van der Waals surface area contributed by atoms with E-state index in [1.54, 1.807) is 24.5 Å². The molecule has 0 spiro atoms. The molecule has 4 rings (SSSR count). The number of halogens is 1. The molecule has 3 aromatic heterocycles. The zero-order chi connectivity index (χ0) is 18.5. The van der Waals surface area contributed by atoms with E-state index < -0.39 is 5.95 Å². The van der Waals surface area contributed by atoms with Crippen LogP contribution in [0.2, 0.25) is 0 Å². The number of pyridine rings is 2. The molecule has 0 saturated heterocycles. The molecule has 3 heterocycles. The van der Waals surface area contributed by atoms with E-state index in [0.29, 0.717) is 18.8 Å². The van der Waals surface area contributed by atoms with Gasteiger partial charge in [0.2, 0.25) is 11.8 Å². The Bertz CT molecular complexity index is 1020. The summed E-state index contributed by atoms with van der Waals surface area (Å²) in [5, 5.41) is 4.12. The lowest BCUT2D eigenvalue weighted by Gasteiger charge is -2.06. The molecule has 6 heteroatoms. The molecular weight excluding hydrogens is 345 g/mol. The van der Waals surface area contributed by atoms with Crippen LogP contribution in [-0.4, -0.2) is 15.1 Å². The van der Waals surface area contributed by atoms with Crippen LogP contribution in [-0.2, 0) is 13.0 Å². The largest absolute Gasteiger partial charge is 0.473 e. The Hall–Kier alpha value is -3.54. The van der Waals surface area contributed by atoms with Gasteiger partial charge < -0.3 is 9.26 Å². The van der Waals surface area contributed by atoms with Crippen LogP contribution in [0.15, 0.2) is 77.6 Å². The van der Waals surface area contributed by atoms with Gasteiger partial charge in [0.15, 0.2) is 5.76 Å². The molecule has 27 heavy (non-hydrogen) atoms. The molecule has 0 N–H and O–H groups in total. The van der Waals surface area contributed by atoms with E-state index in [1.807, 2.05) is 42.5 Å². The molecule has 0 aliphatic carbocycles. The molecule has 4 aromatic rings. The molecule has 0 radical (unpaired) electrons. The lowest BCUT2D eigenvalue weighted by molar-refractivity contribution is 0.289. The van der Waals surface area contributed by atoms with Gasteiger partial charge in [-0.1, -0.05) is 35.5 Å². The second kappa shape index (κ2) is 7.78. The smallest absolute Gasteiger partial charge is 0.216 e. The predicted octanol–water partition coefficient (Wildman–Crippen LogP) is 4.44. The fraction of sp³-hybridized carbons (Fsp3) is 0.0952. The van der Waals surface area contributed by atoms with Crippen molar-refractivity contribution >= 4 is 0 Å². The molecule has 0 fully saturated rings. The Morgan fingerprint density at radius 1 is 0.963 bits per heavy atom. The van der Waals surface area contributed by atoms with E-state index in [-0.39, 0.29) is 5.88 Å². The number of hydrogen-bond acceptors (Lipinski definition) is 5. The summed E-state index contributed by atoms with van der Waals surface area (Å²) < 4.78 is 24.0. The highest BCUT2D eigenvalue weighted by molar-refractivity contribution is 5.55. The zero-order valence-electron chi connectivity index (χ0n) is 14.4. The minimum atomic E-state index is -0.555. The number of hydrogen-bond donors (Lipinski definition) is 0. The number of aromatic nitrogens is 3. The summed E-state index contributed by atoms with van der Waals surface area (Å²) in [4.78, 5) is 7.76. The Kier molecular flexibility index (Phi) is 4.87. The minimum Gasteiger partial charge on any atom is -0.473 e. The summed E-state index contributed by atoms with van der Waals surface area (Å²) in [5.41, 5.74) is 3.83. The first-order valence-corrected chi connectivity index (χ1v) is 8.45. The monoisotopic (exact) mass is 361 g/mol. The second-order valence-electron chi connectivity index (χ2n) is 6.00. The van der Waals surface area contributed by atoms with Crippen molar-refractivity contribution < 1.29 is 13.7 Å². The Labute approximate surface area is 155 Å². The van der Waals surface area contributed by atoms with Gasteiger partial charge in [0.1, 0.15) is 6.61 Å². The number of benzene rings is 1. The Morgan fingerprint density at radius 3 is 2.59 bits per heavy atom. The average Bonchev–Trinajstić information content (AvgIpc) is 3.17. The van der Waals surface area contributed by atoms with E-state index in [1.165, 1.54) is 6.07 Å². The van der Waals surface area contributed by atoms with E-state index in [2.05, 4.69) is 15.1 Å². The predicted molar refractivity (Wildman–Crippen MR) is 97.5 cm³/mol. The van der Waals surface area contributed by atoms with Crippen molar-refractivity contribution in [3.63, 3.8) is 0 Å². The lowest BCUT2D eigenvalue weighted by atomic mass is 10.1. The van der Waals surface area contributed by atoms with Gasteiger partial charge in [-0.05, 0) is 29.3 Å². The lowest BCUT2D eigenvalue weighted by Crippen LogP contribution is -1.98. The van der Waals surface area contributed by atoms with Crippen LogP contribution >= 0.6 is 0 Å². The quantitative estimate of drug-likeness (QED) is 0.475. The Morgan fingerprint density at radius 2 is 1.81 bits per heavy atom. The van der Waals surface area contributed by atoms with Crippen molar-refractivity contribution in [3.05, 3.63) is 95.8 Å². The maximum Gasteiger partial charge on any atom is 0.216 e. The molecule has 0 atom stereocenters. The van der Waals surface area contributed by atoms with Crippen molar-refractivity contribution in [1.29, 1.82) is 0 Å². The van der Waals surface area contributed by atoms with E-state index in [9.17, 15) is 4.39 Å². The Balaban J connectivity index is 1.37. The zero-order valence-corrected chi connectivity index (χ0v) is 14.4. The highest BCUT2D eigenvalue weighted by Crippen LogP contribution is 2.20. The first-order valence-electron chi connectivity index (χ1n) is 8.45. The van der Waals surface area contributed by atoms with Gasteiger partial charge in [0, 0.05) is 36.5 Å². The van der Waals surface area contributed by atoms with Crippen LogP contribution in [0.3, 0.4) is 0 Å². The SMILES string of the molecule is Fc1cccc(OCc2ccc(Cc3cc(-c4cccnc4)on3)cc2)n1. The molecule has 0 bridgehead atoms. The second-order valence-corrected chi connectivity index (χ2v) is 6.00. The van der Waals surface area contributed by atoms with Gasteiger partial charge in [-0.3, -0.25) is 4.98 Å². The molecule has 0 aliphatic heterocycles. The maximum absolute atomic E-state index is 13.1. The number of ether oxygens (including phenoxy) is 1. The molecule has 5 nitrogen and oxygen atoms in total. The maximum atomic E-state index is 13.1. The van der Waals surface area contributed by atoms with E-state index in [4.69, 9.17) is 9.26 Å². The van der Waals surface area contributed by atoms with Crippen LogP contribution in [0, 0.1) is 5.95 Å². The summed E-state index contributed by atoms with van der Waals surface area (Å²) in [6, 6.07) is 18.1. The topological polar surface area (TPSA) is 61.0 Å². The van der Waals surface area contributed by atoms with Crippen molar-refractivity contribution in [2.75, 3.05) is 0 Å². The van der Waals surface area contributed by atoms with Gasteiger partial charge in [-0.15, -0.1) is 0 Å². The first-order chi connectivity index (χ1) is 13.3. The highest BCUT2D eigenvalue weighted by atomic mass is 19.1. The van der Waals surface area contributed by atoms with Crippen molar-refractivity contribution in [3.8, 4) is 17.2 Å². The van der Waals surface area contributed by atoms with Crippen LogP contribution in [0.4, 0.5) is 4.39 Å². The number of nitrogens with zero attached hydrogens (tertiary/aromatic N) is 3. The third-order valence-corrected chi connectivity index (χ3v) is 3.99. The molecule has 134 valence electrons. The highest BCUT2D eigenvalue weighted by Gasteiger charge is 2.08.